The number of nitrogens with zero attached hydrogens (tertiary/aromatic N) is 2. The van der Waals surface area contributed by atoms with E-state index in [9.17, 15) is 0 Å². The Morgan fingerprint density at radius 3 is 2.56 bits per heavy atom. The second kappa shape index (κ2) is 6.51. The average molecular weight is 221 g/mol. The molecule has 0 fully saturated rings. The summed E-state index contributed by atoms with van der Waals surface area (Å²) in [4.78, 5) is 4.46. The maximum atomic E-state index is 3.16. The first-order valence-corrected chi connectivity index (χ1v) is 5.73. The van der Waals surface area contributed by atoms with Crippen LogP contribution in [0, 0.1) is 0 Å². The van der Waals surface area contributed by atoms with Gasteiger partial charge in [0.2, 0.25) is 0 Å². The molecule has 0 spiro atoms. The number of hydrogen-bond acceptors (Lipinski definition) is 3. The minimum atomic E-state index is 1.00. The maximum Gasteiger partial charge on any atom is 0.0364 e. The van der Waals surface area contributed by atoms with Crippen LogP contribution in [0.25, 0.3) is 0 Å². The second-order valence-corrected chi connectivity index (χ2v) is 4.41. The Balaban J connectivity index is 2.56. The molecule has 0 atom stereocenters. The van der Waals surface area contributed by atoms with Crippen molar-refractivity contribution in [3.05, 3.63) is 29.8 Å². The van der Waals surface area contributed by atoms with Gasteiger partial charge in [-0.05, 0) is 31.8 Å². The molecule has 90 valence electrons. The minimum Gasteiger partial charge on any atom is -0.378 e. The second-order valence-electron chi connectivity index (χ2n) is 4.41. The molecule has 0 aliphatic heterocycles. The van der Waals surface area contributed by atoms with Gasteiger partial charge in [-0.1, -0.05) is 12.1 Å². The molecule has 16 heavy (non-hydrogen) atoms. The third kappa shape index (κ3) is 4.21. The quantitative estimate of drug-likeness (QED) is 0.783. The molecule has 1 aromatic rings. The van der Waals surface area contributed by atoms with Gasteiger partial charge < -0.3 is 15.1 Å². The van der Waals surface area contributed by atoms with E-state index in [2.05, 4.69) is 60.5 Å². The first kappa shape index (κ1) is 13.0. The number of anilines is 1. The van der Waals surface area contributed by atoms with Gasteiger partial charge in [0.25, 0.3) is 0 Å². The number of nitrogens with one attached hydrogen (secondary N) is 1. The molecule has 0 saturated heterocycles. The van der Waals surface area contributed by atoms with Crippen LogP contribution in [0.1, 0.15) is 5.56 Å². The fraction of sp³-hybridized carbons (Fsp3) is 0.538. The molecule has 0 bridgehead atoms. The van der Waals surface area contributed by atoms with Crippen LogP contribution >= 0.6 is 0 Å². The molecule has 1 aromatic carbocycles. The van der Waals surface area contributed by atoms with Crippen molar-refractivity contribution in [2.24, 2.45) is 0 Å². The van der Waals surface area contributed by atoms with E-state index in [0.717, 1.165) is 19.6 Å². The molecule has 0 heterocycles. The fourth-order valence-electron chi connectivity index (χ4n) is 1.63. The van der Waals surface area contributed by atoms with Crippen molar-refractivity contribution in [1.82, 2.24) is 10.2 Å². The standard InChI is InChI=1S/C13H23N3/c1-14-8-9-16(4)11-12-6-5-7-13(10-12)15(2)3/h5-7,10,14H,8-9,11H2,1-4H3. The van der Waals surface area contributed by atoms with Crippen LogP contribution in [-0.2, 0) is 6.54 Å². The molecule has 1 N–H and O–H groups in total. The zero-order valence-corrected chi connectivity index (χ0v) is 10.8. The van der Waals surface area contributed by atoms with Gasteiger partial charge in [-0.3, -0.25) is 0 Å². The van der Waals surface area contributed by atoms with Crippen molar-refractivity contribution in [3.8, 4) is 0 Å². The molecule has 3 nitrogen and oxygen atoms in total. The zero-order chi connectivity index (χ0) is 12.0. The van der Waals surface area contributed by atoms with Crippen molar-refractivity contribution in [2.45, 2.75) is 6.54 Å². The summed E-state index contributed by atoms with van der Waals surface area (Å²) in [7, 11) is 8.29. The Hall–Kier alpha value is -1.06. The molecule has 1 rings (SSSR count). The summed E-state index contributed by atoms with van der Waals surface area (Å²) in [6, 6.07) is 8.69. The van der Waals surface area contributed by atoms with Crippen molar-refractivity contribution >= 4 is 5.69 Å². The highest BCUT2D eigenvalue weighted by atomic mass is 15.1. The summed E-state index contributed by atoms with van der Waals surface area (Å²) in [6.45, 7) is 3.11. The van der Waals surface area contributed by atoms with Crippen LogP contribution in [0.3, 0.4) is 0 Å². The first-order chi connectivity index (χ1) is 7.63. The van der Waals surface area contributed by atoms with Gasteiger partial charge >= 0.3 is 0 Å². The Morgan fingerprint density at radius 2 is 1.94 bits per heavy atom. The van der Waals surface area contributed by atoms with E-state index < -0.39 is 0 Å². The molecule has 0 amide bonds. The molecule has 0 unspecified atom stereocenters. The van der Waals surface area contributed by atoms with E-state index in [0.29, 0.717) is 0 Å². The van der Waals surface area contributed by atoms with Crippen LogP contribution in [0.5, 0.6) is 0 Å². The van der Waals surface area contributed by atoms with Gasteiger partial charge in [0.15, 0.2) is 0 Å². The lowest BCUT2D eigenvalue weighted by molar-refractivity contribution is 0.328. The Kier molecular flexibility index (Phi) is 5.29. The SMILES string of the molecule is CNCCN(C)Cc1cccc(N(C)C)c1. The summed E-state index contributed by atoms with van der Waals surface area (Å²) < 4.78 is 0. The van der Waals surface area contributed by atoms with Crippen molar-refractivity contribution in [1.29, 1.82) is 0 Å². The Bertz CT molecular complexity index is 310. The van der Waals surface area contributed by atoms with Crippen LogP contribution in [0.15, 0.2) is 24.3 Å². The van der Waals surface area contributed by atoms with E-state index in [1.807, 2.05) is 7.05 Å². The highest BCUT2D eigenvalue weighted by Gasteiger charge is 2.01. The van der Waals surface area contributed by atoms with Crippen LogP contribution in [0.4, 0.5) is 5.69 Å². The van der Waals surface area contributed by atoms with Gasteiger partial charge in [-0.2, -0.15) is 0 Å². The van der Waals surface area contributed by atoms with E-state index in [1.54, 1.807) is 0 Å². The van der Waals surface area contributed by atoms with Gasteiger partial charge in [0.1, 0.15) is 0 Å². The summed E-state index contributed by atoms with van der Waals surface area (Å²) in [5.41, 5.74) is 2.63. The topological polar surface area (TPSA) is 18.5 Å². The third-order valence-electron chi connectivity index (χ3n) is 2.62. The Morgan fingerprint density at radius 1 is 1.19 bits per heavy atom. The molecule has 0 saturated carbocycles. The molecular weight excluding hydrogens is 198 g/mol. The predicted molar refractivity (Wildman–Crippen MR) is 71.0 cm³/mol. The fourth-order valence-corrected chi connectivity index (χ4v) is 1.63. The van der Waals surface area contributed by atoms with E-state index in [-0.39, 0.29) is 0 Å². The molecule has 0 aliphatic carbocycles. The summed E-state index contributed by atoms with van der Waals surface area (Å²) >= 11 is 0. The smallest absolute Gasteiger partial charge is 0.0364 e. The minimum absolute atomic E-state index is 1.00. The largest absolute Gasteiger partial charge is 0.378 e. The van der Waals surface area contributed by atoms with E-state index in [4.69, 9.17) is 0 Å². The normalized spacial score (nSPS) is 10.8. The van der Waals surface area contributed by atoms with Gasteiger partial charge in [-0.15, -0.1) is 0 Å². The molecule has 3 heteroatoms. The van der Waals surface area contributed by atoms with Crippen molar-refractivity contribution < 1.29 is 0 Å². The molecule has 0 aliphatic rings. The van der Waals surface area contributed by atoms with Gasteiger partial charge in [0.05, 0.1) is 0 Å². The summed E-state index contributed by atoms with van der Waals surface area (Å²) in [5.74, 6) is 0. The van der Waals surface area contributed by atoms with Gasteiger partial charge in [-0.25, -0.2) is 0 Å². The van der Waals surface area contributed by atoms with Crippen LogP contribution in [0.2, 0.25) is 0 Å². The molecule has 0 aromatic heterocycles. The molecule has 0 radical (unpaired) electrons. The number of benzene rings is 1. The third-order valence-corrected chi connectivity index (χ3v) is 2.62. The highest BCUT2D eigenvalue weighted by Crippen LogP contribution is 2.14. The lowest BCUT2D eigenvalue weighted by Gasteiger charge is -2.18. The van der Waals surface area contributed by atoms with Gasteiger partial charge in [0, 0.05) is 39.4 Å². The monoisotopic (exact) mass is 221 g/mol. The van der Waals surface area contributed by atoms with E-state index in [1.165, 1.54) is 11.3 Å². The molecular formula is C13H23N3. The van der Waals surface area contributed by atoms with E-state index >= 15 is 0 Å². The highest BCUT2D eigenvalue weighted by molar-refractivity contribution is 5.47. The predicted octanol–water partition coefficient (Wildman–Crippen LogP) is 1.40. The van der Waals surface area contributed by atoms with Crippen LogP contribution in [-0.4, -0.2) is 46.2 Å². The van der Waals surface area contributed by atoms with Crippen LogP contribution < -0.4 is 10.2 Å². The summed E-state index contributed by atoms with van der Waals surface area (Å²) in [6.07, 6.45) is 0. The first-order valence-electron chi connectivity index (χ1n) is 5.73. The Labute approximate surface area is 99.1 Å². The number of likely N-dealkylation sites (N-methyl/N-ethyl adjacent to an activating group) is 2. The number of rotatable bonds is 6. The van der Waals surface area contributed by atoms with Crippen molar-refractivity contribution in [3.63, 3.8) is 0 Å². The lowest BCUT2D eigenvalue weighted by Crippen LogP contribution is -2.27. The zero-order valence-electron chi connectivity index (χ0n) is 10.8. The average Bonchev–Trinajstić information content (AvgIpc) is 2.26. The summed E-state index contributed by atoms with van der Waals surface area (Å²) in [5, 5.41) is 3.16. The number of hydrogen-bond donors (Lipinski definition) is 1. The maximum absolute atomic E-state index is 3.16. The lowest BCUT2D eigenvalue weighted by atomic mass is 10.2. The van der Waals surface area contributed by atoms with Crippen molar-refractivity contribution in [2.75, 3.05) is 46.2 Å².